The second kappa shape index (κ2) is 7.63. The fourth-order valence-electron chi connectivity index (χ4n) is 2.59. The van der Waals surface area contributed by atoms with E-state index in [9.17, 15) is 4.79 Å². The van der Waals surface area contributed by atoms with Crippen molar-refractivity contribution < 1.29 is 9.53 Å². The SMILES string of the molecule is CCC(CC)(CN)C(=O)NCC(C)(C)c1ccc(OC)cc1. The molecule has 3 N–H and O–H groups in total. The summed E-state index contributed by atoms with van der Waals surface area (Å²) in [7, 11) is 1.66. The third kappa shape index (κ3) is 4.01. The number of hydrogen-bond donors (Lipinski definition) is 2. The Morgan fingerprint density at radius 2 is 1.73 bits per heavy atom. The van der Waals surface area contributed by atoms with E-state index in [4.69, 9.17) is 10.5 Å². The minimum absolute atomic E-state index is 0.0570. The van der Waals surface area contributed by atoms with E-state index >= 15 is 0 Å². The molecule has 1 rings (SSSR count). The van der Waals surface area contributed by atoms with Crippen LogP contribution >= 0.6 is 0 Å². The largest absolute Gasteiger partial charge is 0.497 e. The van der Waals surface area contributed by atoms with E-state index in [0.717, 1.165) is 18.6 Å². The molecule has 1 aromatic carbocycles. The maximum atomic E-state index is 12.5. The lowest BCUT2D eigenvalue weighted by molar-refractivity contribution is -0.131. The molecule has 0 radical (unpaired) electrons. The first kappa shape index (κ1) is 18.5. The molecule has 124 valence electrons. The number of ether oxygens (including phenoxy) is 1. The molecule has 4 nitrogen and oxygen atoms in total. The van der Waals surface area contributed by atoms with Crippen LogP contribution in [0, 0.1) is 5.41 Å². The number of hydrogen-bond acceptors (Lipinski definition) is 3. The first-order valence-electron chi connectivity index (χ1n) is 7.98. The maximum Gasteiger partial charge on any atom is 0.227 e. The Bertz CT molecular complexity index is 468. The summed E-state index contributed by atoms with van der Waals surface area (Å²) < 4.78 is 5.18. The molecular weight excluding hydrogens is 276 g/mol. The molecule has 0 fully saturated rings. The van der Waals surface area contributed by atoms with Gasteiger partial charge in [-0.25, -0.2) is 0 Å². The molecule has 0 spiro atoms. The number of amides is 1. The zero-order valence-corrected chi connectivity index (χ0v) is 14.5. The van der Waals surface area contributed by atoms with Crippen LogP contribution in [0.3, 0.4) is 0 Å². The molecule has 0 bridgehead atoms. The van der Waals surface area contributed by atoms with E-state index in [1.54, 1.807) is 7.11 Å². The molecule has 1 aromatic rings. The molecule has 0 aliphatic carbocycles. The Morgan fingerprint density at radius 1 is 1.18 bits per heavy atom. The number of methoxy groups -OCH3 is 1. The van der Waals surface area contributed by atoms with Crippen molar-refractivity contribution in [1.82, 2.24) is 5.32 Å². The van der Waals surface area contributed by atoms with E-state index in [0.29, 0.717) is 13.1 Å². The highest BCUT2D eigenvalue weighted by Gasteiger charge is 2.34. The summed E-state index contributed by atoms with van der Waals surface area (Å²) >= 11 is 0. The van der Waals surface area contributed by atoms with Crippen molar-refractivity contribution >= 4 is 5.91 Å². The van der Waals surface area contributed by atoms with Crippen molar-refractivity contribution in [1.29, 1.82) is 0 Å². The standard InChI is InChI=1S/C18H30N2O2/c1-6-18(7-2,12-19)16(21)20-13-17(3,4)14-8-10-15(22-5)11-9-14/h8-11H,6-7,12-13,19H2,1-5H3,(H,20,21). The Hall–Kier alpha value is -1.55. The van der Waals surface area contributed by atoms with Gasteiger partial charge in [-0.2, -0.15) is 0 Å². The van der Waals surface area contributed by atoms with Gasteiger partial charge in [0, 0.05) is 18.5 Å². The first-order valence-corrected chi connectivity index (χ1v) is 7.98. The zero-order chi connectivity index (χ0) is 16.8. The fourth-order valence-corrected chi connectivity index (χ4v) is 2.59. The van der Waals surface area contributed by atoms with Gasteiger partial charge in [0.05, 0.1) is 12.5 Å². The lowest BCUT2D eigenvalue weighted by atomic mass is 9.80. The molecule has 0 heterocycles. The van der Waals surface area contributed by atoms with Crippen molar-refractivity contribution in [3.63, 3.8) is 0 Å². The Balaban J connectivity index is 2.77. The summed E-state index contributed by atoms with van der Waals surface area (Å²) in [5, 5.41) is 3.09. The van der Waals surface area contributed by atoms with Crippen LogP contribution in [0.5, 0.6) is 5.75 Å². The predicted molar refractivity (Wildman–Crippen MR) is 91.1 cm³/mol. The molecule has 0 saturated heterocycles. The van der Waals surface area contributed by atoms with Crippen molar-refractivity contribution in [2.24, 2.45) is 11.1 Å². The van der Waals surface area contributed by atoms with Crippen LogP contribution in [0.4, 0.5) is 0 Å². The number of carbonyl (C=O) groups excluding carboxylic acids is 1. The highest BCUT2D eigenvalue weighted by atomic mass is 16.5. The van der Waals surface area contributed by atoms with Gasteiger partial charge in [0.25, 0.3) is 0 Å². The number of carbonyl (C=O) groups is 1. The molecule has 0 atom stereocenters. The average molecular weight is 306 g/mol. The van der Waals surface area contributed by atoms with Crippen LogP contribution in [0.2, 0.25) is 0 Å². The van der Waals surface area contributed by atoms with Crippen LogP contribution in [0.15, 0.2) is 24.3 Å². The van der Waals surface area contributed by atoms with Crippen molar-refractivity contribution in [2.45, 2.75) is 46.0 Å². The summed E-state index contributed by atoms with van der Waals surface area (Å²) in [5.41, 5.74) is 6.41. The van der Waals surface area contributed by atoms with E-state index < -0.39 is 5.41 Å². The van der Waals surface area contributed by atoms with Gasteiger partial charge in [-0.15, -0.1) is 0 Å². The molecule has 22 heavy (non-hydrogen) atoms. The van der Waals surface area contributed by atoms with Gasteiger partial charge >= 0.3 is 0 Å². The van der Waals surface area contributed by atoms with Crippen molar-refractivity contribution in [2.75, 3.05) is 20.2 Å². The fraction of sp³-hybridized carbons (Fsp3) is 0.611. The highest BCUT2D eigenvalue weighted by Crippen LogP contribution is 2.27. The lowest BCUT2D eigenvalue weighted by Gasteiger charge is -2.32. The monoisotopic (exact) mass is 306 g/mol. The molecule has 4 heteroatoms. The molecule has 0 aliphatic heterocycles. The second-order valence-corrected chi connectivity index (χ2v) is 6.49. The quantitative estimate of drug-likeness (QED) is 0.776. The summed E-state index contributed by atoms with van der Waals surface area (Å²) in [5.74, 6) is 0.893. The summed E-state index contributed by atoms with van der Waals surface area (Å²) in [6, 6.07) is 7.98. The van der Waals surface area contributed by atoms with Crippen LogP contribution in [0.1, 0.15) is 46.1 Å². The average Bonchev–Trinajstić information content (AvgIpc) is 2.55. The molecule has 0 aliphatic rings. The Labute approximate surface area is 134 Å². The van der Waals surface area contributed by atoms with Crippen LogP contribution in [-0.2, 0) is 10.2 Å². The van der Waals surface area contributed by atoms with Crippen LogP contribution in [0.25, 0.3) is 0 Å². The zero-order valence-electron chi connectivity index (χ0n) is 14.5. The summed E-state index contributed by atoms with van der Waals surface area (Å²) in [6.07, 6.45) is 1.52. The van der Waals surface area contributed by atoms with E-state index in [1.807, 2.05) is 38.1 Å². The second-order valence-electron chi connectivity index (χ2n) is 6.49. The Morgan fingerprint density at radius 3 is 2.14 bits per heavy atom. The van der Waals surface area contributed by atoms with E-state index in [1.165, 1.54) is 5.56 Å². The van der Waals surface area contributed by atoms with Gasteiger partial charge < -0.3 is 15.8 Å². The maximum absolute atomic E-state index is 12.5. The minimum Gasteiger partial charge on any atom is -0.497 e. The van der Waals surface area contributed by atoms with Crippen molar-refractivity contribution in [3.05, 3.63) is 29.8 Å². The van der Waals surface area contributed by atoms with Gasteiger partial charge in [-0.3, -0.25) is 4.79 Å². The third-order valence-corrected chi connectivity index (χ3v) is 4.79. The van der Waals surface area contributed by atoms with Gasteiger partial charge in [0.15, 0.2) is 0 Å². The summed E-state index contributed by atoms with van der Waals surface area (Å²) in [4.78, 5) is 12.5. The molecule has 1 amide bonds. The van der Waals surface area contributed by atoms with Crippen LogP contribution < -0.4 is 15.8 Å². The number of benzene rings is 1. The van der Waals surface area contributed by atoms with Gasteiger partial charge in [-0.1, -0.05) is 39.8 Å². The smallest absolute Gasteiger partial charge is 0.227 e. The number of nitrogens with two attached hydrogens (primary N) is 1. The summed E-state index contributed by atoms with van der Waals surface area (Å²) in [6.45, 7) is 9.25. The van der Waals surface area contributed by atoms with Gasteiger partial charge in [0.1, 0.15) is 5.75 Å². The minimum atomic E-state index is -0.448. The molecular formula is C18H30N2O2. The first-order chi connectivity index (χ1) is 10.3. The topological polar surface area (TPSA) is 64.4 Å². The van der Waals surface area contributed by atoms with Crippen molar-refractivity contribution in [3.8, 4) is 5.75 Å². The van der Waals surface area contributed by atoms with E-state index in [2.05, 4.69) is 19.2 Å². The normalized spacial score (nSPS) is 12.1. The number of rotatable bonds is 8. The molecule has 0 aromatic heterocycles. The van der Waals surface area contributed by atoms with Crippen LogP contribution in [-0.4, -0.2) is 26.1 Å². The van der Waals surface area contributed by atoms with E-state index in [-0.39, 0.29) is 11.3 Å². The van der Waals surface area contributed by atoms with Gasteiger partial charge in [-0.05, 0) is 30.5 Å². The number of nitrogens with one attached hydrogen (secondary N) is 1. The highest BCUT2D eigenvalue weighted by molar-refractivity contribution is 5.82. The Kier molecular flexibility index (Phi) is 6.42. The molecule has 0 saturated carbocycles. The van der Waals surface area contributed by atoms with Gasteiger partial charge in [0.2, 0.25) is 5.91 Å². The third-order valence-electron chi connectivity index (χ3n) is 4.79. The lowest BCUT2D eigenvalue weighted by Crippen LogP contribution is -2.48. The molecule has 0 unspecified atom stereocenters. The predicted octanol–water partition coefficient (Wildman–Crippen LogP) is 2.85.